The molecule has 98 valence electrons. The van der Waals surface area contributed by atoms with Crippen molar-refractivity contribution in [1.82, 2.24) is 0 Å². The summed E-state index contributed by atoms with van der Waals surface area (Å²) >= 11 is 3.43. The minimum Gasteiger partial charge on any atom is -0.468 e. The molecule has 2 nitrogen and oxygen atoms in total. The van der Waals surface area contributed by atoms with Gasteiger partial charge in [0.05, 0.1) is 12.5 Å². The Balaban J connectivity index is 2.40. The summed E-state index contributed by atoms with van der Waals surface area (Å²) in [7, 11) is 1.48. The van der Waals surface area contributed by atoms with Crippen LogP contribution in [0.4, 0.5) is 0 Å². The van der Waals surface area contributed by atoms with E-state index in [-0.39, 0.29) is 5.97 Å². The second kappa shape index (κ2) is 5.43. The predicted octanol–water partition coefficient (Wildman–Crippen LogP) is 4.07. The fourth-order valence-corrected chi connectivity index (χ4v) is 3.30. The Bertz CT molecular complexity index is 421. The van der Waals surface area contributed by atoms with Crippen molar-refractivity contribution < 1.29 is 9.53 Å². The van der Waals surface area contributed by atoms with Gasteiger partial charge in [0.2, 0.25) is 0 Å². The molecule has 1 aliphatic carbocycles. The first kappa shape index (κ1) is 13.6. The van der Waals surface area contributed by atoms with Gasteiger partial charge in [-0.3, -0.25) is 4.79 Å². The first-order valence-corrected chi connectivity index (χ1v) is 7.23. The van der Waals surface area contributed by atoms with Gasteiger partial charge in [-0.05, 0) is 43.4 Å². The number of halogens is 1. The summed E-state index contributed by atoms with van der Waals surface area (Å²) in [5.41, 5.74) is 0.552. The molecule has 1 aliphatic rings. The predicted molar refractivity (Wildman–Crippen MR) is 75.5 cm³/mol. The molecule has 0 radical (unpaired) electrons. The molecule has 3 heteroatoms. The maximum atomic E-state index is 12.3. The van der Waals surface area contributed by atoms with Gasteiger partial charge in [0.1, 0.15) is 0 Å². The van der Waals surface area contributed by atoms with Gasteiger partial charge in [-0.15, -0.1) is 0 Å². The number of ether oxygens (including phenoxy) is 1. The van der Waals surface area contributed by atoms with Crippen LogP contribution in [0.25, 0.3) is 0 Å². The second-order valence-electron chi connectivity index (χ2n) is 5.18. The summed E-state index contributed by atoms with van der Waals surface area (Å²) in [6.45, 7) is 2.03. The molecule has 1 aromatic carbocycles. The van der Waals surface area contributed by atoms with Gasteiger partial charge >= 0.3 is 5.97 Å². The number of carbonyl (C=O) groups excluding carboxylic acids is 1. The molecule has 1 fully saturated rings. The zero-order valence-electron chi connectivity index (χ0n) is 10.9. The molecule has 2 rings (SSSR count). The van der Waals surface area contributed by atoms with Crippen LogP contribution in [0.1, 0.15) is 38.2 Å². The third-order valence-corrected chi connectivity index (χ3v) is 4.75. The van der Waals surface area contributed by atoms with Gasteiger partial charge in [0.15, 0.2) is 0 Å². The van der Waals surface area contributed by atoms with Gasteiger partial charge in [-0.25, -0.2) is 0 Å². The fourth-order valence-electron chi connectivity index (χ4n) is 3.03. The third-order valence-electron chi connectivity index (χ3n) is 4.23. The van der Waals surface area contributed by atoms with E-state index in [1.165, 1.54) is 20.0 Å². The molecule has 0 aromatic heterocycles. The molecule has 1 atom stereocenters. The minimum absolute atomic E-state index is 0.114. The third kappa shape index (κ3) is 2.33. The number of hydrogen-bond acceptors (Lipinski definition) is 2. The summed E-state index contributed by atoms with van der Waals surface area (Å²) in [6, 6.07) is 8.04. The van der Waals surface area contributed by atoms with E-state index >= 15 is 0 Å². The molecule has 1 aromatic rings. The Morgan fingerprint density at radius 2 is 1.83 bits per heavy atom. The monoisotopic (exact) mass is 310 g/mol. The quantitative estimate of drug-likeness (QED) is 0.787. The molecular weight excluding hydrogens is 292 g/mol. The zero-order chi connectivity index (χ0) is 13.2. The van der Waals surface area contributed by atoms with Gasteiger partial charge in [0, 0.05) is 4.47 Å². The van der Waals surface area contributed by atoms with Crippen LogP contribution in [-0.4, -0.2) is 13.1 Å². The van der Waals surface area contributed by atoms with Crippen LogP contribution in [0.15, 0.2) is 28.7 Å². The SMILES string of the molecule is COC(=O)[C@](C)(c1ccc(Br)cc1)C1CCCC1. The summed E-state index contributed by atoms with van der Waals surface area (Å²) in [6.07, 6.45) is 4.66. The van der Waals surface area contributed by atoms with E-state index in [4.69, 9.17) is 4.74 Å². The van der Waals surface area contributed by atoms with Crippen LogP contribution in [0, 0.1) is 5.92 Å². The Morgan fingerprint density at radius 1 is 1.28 bits per heavy atom. The van der Waals surface area contributed by atoms with Crippen LogP contribution < -0.4 is 0 Å². The molecule has 0 amide bonds. The fraction of sp³-hybridized carbons (Fsp3) is 0.533. The summed E-state index contributed by atoms with van der Waals surface area (Å²) < 4.78 is 6.09. The van der Waals surface area contributed by atoms with E-state index < -0.39 is 5.41 Å². The van der Waals surface area contributed by atoms with Crippen molar-refractivity contribution in [2.24, 2.45) is 5.92 Å². The Morgan fingerprint density at radius 3 is 2.33 bits per heavy atom. The van der Waals surface area contributed by atoms with E-state index in [0.717, 1.165) is 22.9 Å². The number of hydrogen-bond donors (Lipinski definition) is 0. The highest BCUT2D eigenvalue weighted by atomic mass is 79.9. The molecule has 0 heterocycles. The van der Waals surface area contributed by atoms with Crippen molar-refractivity contribution >= 4 is 21.9 Å². The van der Waals surface area contributed by atoms with Crippen LogP contribution in [0.3, 0.4) is 0 Å². The standard InChI is InChI=1S/C15H19BrO2/c1-15(14(17)18-2,11-5-3-4-6-11)12-7-9-13(16)10-8-12/h7-11H,3-6H2,1-2H3/t15-/m0/s1. The van der Waals surface area contributed by atoms with Gasteiger partial charge in [-0.2, -0.15) is 0 Å². The molecule has 0 saturated heterocycles. The summed E-state index contributed by atoms with van der Waals surface area (Å²) in [5, 5.41) is 0. The molecular formula is C15H19BrO2. The van der Waals surface area contributed by atoms with Crippen molar-refractivity contribution in [1.29, 1.82) is 0 Å². The highest BCUT2D eigenvalue weighted by molar-refractivity contribution is 9.10. The van der Waals surface area contributed by atoms with E-state index in [1.54, 1.807) is 0 Å². The first-order valence-electron chi connectivity index (χ1n) is 6.43. The normalized spacial score (nSPS) is 19.5. The van der Waals surface area contributed by atoms with Crippen molar-refractivity contribution in [2.75, 3.05) is 7.11 Å². The Hall–Kier alpha value is -0.830. The molecule has 0 N–H and O–H groups in total. The Labute approximate surface area is 117 Å². The van der Waals surface area contributed by atoms with Crippen molar-refractivity contribution in [3.8, 4) is 0 Å². The molecule has 0 bridgehead atoms. The minimum atomic E-state index is -0.508. The maximum absolute atomic E-state index is 12.3. The lowest BCUT2D eigenvalue weighted by Gasteiger charge is -2.33. The number of rotatable bonds is 3. The number of benzene rings is 1. The van der Waals surface area contributed by atoms with Crippen LogP contribution in [0.2, 0.25) is 0 Å². The highest BCUT2D eigenvalue weighted by Gasteiger charge is 2.44. The van der Waals surface area contributed by atoms with Crippen LogP contribution in [-0.2, 0) is 14.9 Å². The van der Waals surface area contributed by atoms with Gasteiger partial charge < -0.3 is 4.74 Å². The van der Waals surface area contributed by atoms with Crippen molar-refractivity contribution in [2.45, 2.75) is 38.0 Å². The lowest BCUT2D eigenvalue weighted by molar-refractivity contribution is -0.149. The summed E-state index contributed by atoms with van der Waals surface area (Å²) in [5.74, 6) is 0.280. The van der Waals surface area contributed by atoms with E-state index in [2.05, 4.69) is 15.9 Å². The molecule has 0 aliphatic heterocycles. The largest absolute Gasteiger partial charge is 0.468 e. The number of esters is 1. The van der Waals surface area contributed by atoms with Crippen LogP contribution in [0.5, 0.6) is 0 Å². The molecule has 1 saturated carbocycles. The topological polar surface area (TPSA) is 26.3 Å². The van der Waals surface area contributed by atoms with Gasteiger partial charge in [-0.1, -0.05) is 40.9 Å². The smallest absolute Gasteiger partial charge is 0.316 e. The van der Waals surface area contributed by atoms with Gasteiger partial charge in [0.25, 0.3) is 0 Å². The molecule has 18 heavy (non-hydrogen) atoms. The van der Waals surface area contributed by atoms with E-state index in [0.29, 0.717) is 5.92 Å². The average Bonchev–Trinajstić information content (AvgIpc) is 2.92. The van der Waals surface area contributed by atoms with E-state index in [1.807, 2.05) is 31.2 Å². The average molecular weight is 311 g/mol. The van der Waals surface area contributed by atoms with Crippen molar-refractivity contribution in [3.63, 3.8) is 0 Å². The van der Waals surface area contributed by atoms with Crippen LogP contribution >= 0.6 is 15.9 Å². The first-order chi connectivity index (χ1) is 8.59. The highest BCUT2D eigenvalue weighted by Crippen LogP contribution is 2.43. The molecule has 0 unspecified atom stereocenters. The second-order valence-corrected chi connectivity index (χ2v) is 6.10. The van der Waals surface area contributed by atoms with E-state index in [9.17, 15) is 4.79 Å². The number of carbonyl (C=O) groups is 1. The van der Waals surface area contributed by atoms with Crippen molar-refractivity contribution in [3.05, 3.63) is 34.3 Å². The lowest BCUT2D eigenvalue weighted by atomic mass is 9.71. The summed E-state index contributed by atoms with van der Waals surface area (Å²) in [4.78, 5) is 12.3. The maximum Gasteiger partial charge on any atom is 0.316 e. The lowest BCUT2D eigenvalue weighted by Crippen LogP contribution is -2.40. The zero-order valence-corrected chi connectivity index (χ0v) is 12.5. The Kier molecular flexibility index (Phi) is 4.10. The number of methoxy groups -OCH3 is 1. The molecule has 0 spiro atoms.